The van der Waals surface area contributed by atoms with Crippen molar-refractivity contribution in [1.29, 1.82) is 0 Å². The minimum absolute atomic E-state index is 0.00702. The summed E-state index contributed by atoms with van der Waals surface area (Å²) < 4.78 is 27.1. The molecule has 0 radical (unpaired) electrons. The lowest BCUT2D eigenvalue weighted by molar-refractivity contribution is -0.131. The van der Waals surface area contributed by atoms with Crippen molar-refractivity contribution in [2.75, 3.05) is 12.3 Å². The second-order valence-electron chi connectivity index (χ2n) is 5.46. The van der Waals surface area contributed by atoms with Crippen LogP contribution >= 0.6 is 11.8 Å². The van der Waals surface area contributed by atoms with Gasteiger partial charge < -0.3 is 4.90 Å². The fourth-order valence-corrected chi connectivity index (χ4v) is 4.02. The molecule has 2 nitrogen and oxygen atoms in total. The standard InChI is InChI=1S/C18H17F2NOS/c19-14-7-8-15(16(20)12-14)18-21(10-11-23-18)17(22)9-6-13-4-2-1-3-5-13/h1-5,7-8,12,18H,6,9-11H2. The Kier molecular flexibility index (Phi) is 4.96. The molecule has 2 aromatic rings. The van der Waals surface area contributed by atoms with Gasteiger partial charge in [0.05, 0.1) is 0 Å². The molecule has 0 bridgehead atoms. The molecule has 23 heavy (non-hydrogen) atoms. The van der Waals surface area contributed by atoms with Gasteiger partial charge in [0.15, 0.2) is 0 Å². The van der Waals surface area contributed by atoms with Crippen LogP contribution in [0.3, 0.4) is 0 Å². The van der Waals surface area contributed by atoms with Crippen LogP contribution < -0.4 is 0 Å². The molecule has 1 fully saturated rings. The van der Waals surface area contributed by atoms with Crippen LogP contribution in [0, 0.1) is 11.6 Å². The first-order valence-corrected chi connectivity index (χ1v) is 8.60. The highest BCUT2D eigenvalue weighted by atomic mass is 32.2. The third-order valence-electron chi connectivity index (χ3n) is 3.91. The Labute approximate surface area is 138 Å². The number of aryl methyl sites for hydroxylation is 1. The molecular weight excluding hydrogens is 316 g/mol. The average molecular weight is 333 g/mol. The van der Waals surface area contributed by atoms with Crippen molar-refractivity contribution in [3.8, 4) is 0 Å². The minimum atomic E-state index is -0.601. The van der Waals surface area contributed by atoms with Gasteiger partial charge in [0.2, 0.25) is 5.91 Å². The zero-order chi connectivity index (χ0) is 16.2. The molecule has 1 aliphatic heterocycles. The van der Waals surface area contributed by atoms with Gasteiger partial charge in [-0.05, 0) is 18.1 Å². The van der Waals surface area contributed by atoms with Gasteiger partial charge in [0.1, 0.15) is 17.0 Å². The first-order valence-electron chi connectivity index (χ1n) is 7.55. The van der Waals surface area contributed by atoms with E-state index in [1.165, 1.54) is 23.9 Å². The van der Waals surface area contributed by atoms with E-state index in [0.29, 0.717) is 24.9 Å². The van der Waals surface area contributed by atoms with Crippen molar-refractivity contribution in [2.45, 2.75) is 18.2 Å². The van der Waals surface area contributed by atoms with E-state index in [-0.39, 0.29) is 11.3 Å². The summed E-state index contributed by atoms with van der Waals surface area (Å²) in [5.74, 6) is -0.424. The molecule has 1 aliphatic rings. The molecule has 0 aliphatic carbocycles. The first kappa shape index (κ1) is 16.0. The number of hydrogen-bond donors (Lipinski definition) is 0. The van der Waals surface area contributed by atoms with Crippen LogP contribution in [0.1, 0.15) is 22.9 Å². The van der Waals surface area contributed by atoms with E-state index in [1.54, 1.807) is 4.90 Å². The molecule has 2 aromatic carbocycles. The van der Waals surface area contributed by atoms with Gasteiger partial charge in [-0.3, -0.25) is 4.79 Å². The molecule has 1 atom stereocenters. The second-order valence-corrected chi connectivity index (χ2v) is 6.65. The molecule has 0 saturated carbocycles. The largest absolute Gasteiger partial charge is 0.326 e. The number of rotatable bonds is 4. The maximum Gasteiger partial charge on any atom is 0.224 e. The molecule has 120 valence electrons. The van der Waals surface area contributed by atoms with Gasteiger partial charge in [0, 0.05) is 30.3 Å². The maximum atomic E-state index is 14.0. The van der Waals surface area contributed by atoms with Gasteiger partial charge in [-0.25, -0.2) is 8.78 Å². The van der Waals surface area contributed by atoms with Crippen LogP contribution in [0.5, 0.6) is 0 Å². The fourth-order valence-electron chi connectivity index (χ4n) is 2.72. The van der Waals surface area contributed by atoms with E-state index in [0.717, 1.165) is 17.4 Å². The summed E-state index contributed by atoms with van der Waals surface area (Å²) in [6.45, 7) is 0.597. The minimum Gasteiger partial charge on any atom is -0.326 e. The summed E-state index contributed by atoms with van der Waals surface area (Å²) in [5, 5.41) is -0.362. The lowest BCUT2D eigenvalue weighted by atomic mass is 10.1. The zero-order valence-corrected chi connectivity index (χ0v) is 13.4. The lowest BCUT2D eigenvalue weighted by Gasteiger charge is -2.24. The Bertz CT molecular complexity index is 693. The van der Waals surface area contributed by atoms with Crippen LogP contribution in [-0.4, -0.2) is 23.1 Å². The van der Waals surface area contributed by atoms with E-state index in [1.807, 2.05) is 30.3 Å². The molecule has 0 N–H and O–H groups in total. The fraction of sp³-hybridized carbons (Fsp3) is 0.278. The van der Waals surface area contributed by atoms with E-state index < -0.39 is 11.6 Å². The van der Waals surface area contributed by atoms with Crippen molar-refractivity contribution in [2.24, 2.45) is 0 Å². The Morgan fingerprint density at radius 1 is 1.17 bits per heavy atom. The number of halogens is 2. The maximum absolute atomic E-state index is 14.0. The molecule has 0 spiro atoms. The number of benzene rings is 2. The smallest absolute Gasteiger partial charge is 0.224 e. The van der Waals surface area contributed by atoms with E-state index in [4.69, 9.17) is 0 Å². The van der Waals surface area contributed by atoms with Crippen LogP contribution in [-0.2, 0) is 11.2 Å². The highest BCUT2D eigenvalue weighted by Crippen LogP contribution is 2.39. The average Bonchev–Trinajstić information content (AvgIpc) is 3.03. The van der Waals surface area contributed by atoms with Crippen LogP contribution in [0.2, 0.25) is 0 Å². The van der Waals surface area contributed by atoms with E-state index in [9.17, 15) is 13.6 Å². The van der Waals surface area contributed by atoms with Gasteiger partial charge in [0.25, 0.3) is 0 Å². The Hall–Kier alpha value is -1.88. The summed E-state index contributed by atoms with van der Waals surface area (Å²) in [4.78, 5) is 14.2. The topological polar surface area (TPSA) is 20.3 Å². The summed E-state index contributed by atoms with van der Waals surface area (Å²) in [7, 11) is 0. The van der Waals surface area contributed by atoms with Crippen molar-refractivity contribution in [1.82, 2.24) is 4.90 Å². The number of carbonyl (C=O) groups excluding carboxylic acids is 1. The molecule has 3 rings (SSSR count). The molecule has 1 heterocycles. The number of thioether (sulfide) groups is 1. The Morgan fingerprint density at radius 2 is 1.96 bits per heavy atom. The summed E-state index contributed by atoms with van der Waals surface area (Å²) >= 11 is 1.52. The number of hydrogen-bond acceptors (Lipinski definition) is 2. The van der Waals surface area contributed by atoms with Crippen LogP contribution in [0.15, 0.2) is 48.5 Å². The van der Waals surface area contributed by atoms with Crippen molar-refractivity contribution in [3.63, 3.8) is 0 Å². The van der Waals surface area contributed by atoms with Crippen LogP contribution in [0.25, 0.3) is 0 Å². The quantitative estimate of drug-likeness (QED) is 0.837. The normalized spacial score (nSPS) is 17.5. The van der Waals surface area contributed by atoms with Gasteiger partial charge >= 0.3 is 0 Å². The summed E-state index contributed by atoms with van der Waals surface area (Å²) in [6, 6.07) is 13.4. The first-order chi connectivity index (χ1) is 11.1. The van der Waals surface area contributed by atoms with Gasteiger partial charge in [-0.15, -0.1) is 11.8 Å². The Morgan fingerprint density at radius 3 is 2.70 bits per heavy atom. The monoisotopic (exact) mass is 333 g/mol. The lowest BCUT2D eigenvalue weighted by Crippen LogP contribution is -2.31. The summed E-state index contributed by atoms with van der Waals surface area (Å²) in [6.07, 6.45) is 1.06. The van der Waals surface area contributed by atoms with Crippen molar-refractivity contribution >= 4 is 17.7 Å². The highest BCUT2D eigenvalue weighted by molar-refractivity contribution is 7.99. The van der Waals surface area contributed by atoms with Crippen LogP contribution in [0.4, 0.5) is 8.78 Å². The van der Waals surface area contributed by atoms with E-state index >= 15 is 0 Å². The molecular formula is C18H17F2NOS. The third kappa shape index (κ3) is 3.72. The van der Waals surface area contributed by atoms with E-state index in [2.05, 4.69) is 0 Å². The predicted molar refractivity (Wildman–Crippen MR) is 88.0 cm³/mol. The molecule has 0 aromatic heterocycles. The SMILES string of the molecule is O=C(CCc1ccccc1)N1CCSC1c1ccc(F)cc1F. The molecule has 1 unspecified atom stereocenters. The number of nitrogens with zero attached hydrogens (tertiary/aromatic N) is 1. The molecule has 1 amide bonds. The number of carbonyl (C=O) groups is 1. The number of amides is 1. The second kappa shape index (κ2) is 7.13. The van der Waals surface area contributed by atoms with Crippen molar-refractivity contribution in [3.05, 3.63) is 71.3 Å². The van der Waals surface area contributed by atoms with Gasteiger partial charge in [-0.1, -0.05) is 36.4 Å². The predicted octanol–water partition coefficient (Wildman–Crippen LogP) is 4.17. The molecule has 5 heteroatoms. The Balaban J connectivity index is 1.69. The summed E-state index contributed by atoms with van der Waals surface area (Å²) in [5.41, 5.74) is 1.49. The highest BCUT2D eigenvalue weighted by Gasteiger charge is 2.32. The molecule has 1 saturated heterocycles. The van der Waals surface area contributed by atoms with Gasteiger partial charge in [-0.2, -0.15) is 0 Å². The zero-order valence-electron chi connectivity index (χ0n) is 12.5. The third-order valence-corrected chi connectivity index (χ3v) is 5.15. The van der Waals surface area contributed by atoms with Crippen molar-refractivity contribution < 1.29 is 13.6 Å².